The summed E-state index contributed by atoms with van der Waals surface area (Å²) >= 11 is 39.3. The van der Waals surface area contributed by atoms with Crippen molar-refractivity contribution in [2.45, 2.75) is 27.9 Å². The van der Waals surface area contributed by atoms with E-state index in [4.69, 9.17) is 69.6 Å². The Kier molecular flexibility index (Phi) is 7.21. The highest BCUT2D eigenvalue weighted by molar-refractivity contribution is 6.66. The fraction of sp³-hybridized carbons (Fsp3) is 0.308. The largest absolute Gasteiger partial charge is 0.292 e. The first kappa shape index (κ1) is 30.1. The fourth-order valence-corrected chi connectivity index (χ4v) is 8.40. The first-order valence-electron chi connectivity index (χ1n) is 11.9. The van der Waals surface area contributed by atoms with Crippen LogP contribution in [-0.2, 0) is 9.59 Å². The molecule has 3 amide bonds. The van der Waals surface area contributed by atoms with Crippen molar-refractivity contribution >= 4 is 98.8 Å². The minimum Gasteiger partial charge on any atom is -0.292 e. The van der Waals surface area contributed by atoms with Gasteiger partial charge in [0.1, 0.15) is 16.3 Å². The summed E-state index contributed by atoms with van der Waals surface area (Å²) in [6.07, 6.45) is 0. The summed E-state index contributed by atoms with van der Waals surface area (Å²) in [6.45, 7) is 2.88. The standard InChI is InChI=1S/C26H17Cl6N3O6/c1-11-3-4-14(9-12(11)2)16(36)10-33(21(37)13-5-7-15(8-6-13)35(40)41)34-22(38)17-18(23(34)39)25(30)20(28)19(27)24(17,29)26(25,31)32/h3-9,17-18H,10H2,1-2H3/t17-,18-,24+,25+/m0/s1. The van der Waals surface area contributed by atoms with Gasteiger partial charge in [-0.25, -0.2) is 5.01 Å². The number of nitro benzene ring substituents is 1. The minimum absolute atomic E-state index is 0.150. The number of alkyl halides is 4. The van der Waals surface area contributed by atoms with Crippen molar-refractivity contribution in [1.82, 2.24) is 10.0 Å². The third kappa shape index (κ3) is 3.90. The predicted octanol–water partition coefficient (Wildman–Crippen LogP) is 5.90. The summed E-state index contributed by atoms with van der Waals surface area (Å²) in [5, 5.41) is 11.6. The van der Waals surface area contributed by atoms with Crippen LogP contribution in [0.2, 0.25) is 0 Å². The molecule has 2 fully saturated rings. The summed E-state index contributed by atoms with van der Waals surface area (Å²) < 4.78 is -2.19. The van der Waals surface area contributed by atoms with Gasteiger partial charge in [0, 0.05) is 23.3 Å². The van der Waals surface area contributed by atoms with E-state index in [1.165, 1.54) is 0 Å². The number of ketones is 1. The van der Waals surface area contributed by atoms with Crippen molar-refractivity contribution in [1.29, 1.82) is 0 Å². The molecule has 1 saturated heterocycles. The van der Waals surface area contributed by atoms with Crippen LogP contribution >= 0.6 is 69.6 Å². The number of fused-ring (bicyclic) bond motifs is 5. The number of allylic oxidation sites excluding steroid dienone is 2. The molecule has 9 nitrogen and oxygen atoms in total. The van der Waals surface area contributed by atoms with Gasteiger partial charge in [-0.1, -0.05) is 58.5 Å². The van der Waals surface area contributed by atoms with E-state index in [2.05, 4.69) is 0 Å². The SMILES string of the molecule is Cc1ccc(C(=O)CN(C(=O)c2ccc([N+](=O)[O-])cc2)N2C(=O)[C@@H]3[C@@H](C2=O)[C@@]2(Cl)C(Cl)=C(Cl)[C@@]3(Cl)C2(Cl)Cl)cc1C. The number of non-ortho nitro benzene ring substituents is 1. The number of amides is 3. The molecular weight excluding hydrogens is 663 g/mol. The van der Waals surface area contributed by atoms with Crippen molar-refractivity contribution in [3.8, 4) is 0 Å². The van der Waals surface area contributed by atoms with Gasteiger partial charge in [-0.15, -0.1) is 23.2 Å². The number of nitrogens with zero attached hydrogens (tertiary/aromatic N) is 3. The molecule has 3 aliphatic rings. The van der Waals surface area contributed by atoms with E-state index in [9.17, 15) is 29.3 Å². The lowest BCUT2D eigenvalue weighted by atomic mass is 9.84. The molecular formula is C26H17Cl6N3O6. The zero-order valence-electron chi connectivity index (χ0n) is 21.0. The van der Waals surface area contributed by atoms with Crippen molar-refractivity contribution in [2.75, 3.05) is 6.54 Å². The van der Waals surface area contributed by atoms with E-state index in [1.807, 2.05) is 6.92 Å². The zero-order valence-corrected chi connectivity index (χ0v) is 25.5. The molecule has 2 bridgehead atoms. The lowest BCUT2D eigenvalue weighted by molar-refractivity contribution is -0.384. The number of nitro groups is 1. The second kappa shape index (κ2) is 9.82. The number of halogens is 6. The van der Waals surface area contributed by atoms with E-state index in [0.29, 0.717) is 10.0 Å². The highest BCUT2D eigenvalue weighted by Gasteiger charge is 2.88. The van der Waals surface area contributed by atoms with Crippen molar-refractivity contribution in [3.63, 3.8) is 0 Å². The topological polar surface area (TPSA) is 118 Å². The van der Waals surface area contributed by atoms with Crippen LogP contribution in [0.3, 0.4) is 0 Å². The molecule has 0 aromatic heterocycles. The molecule has 5 rings (SSSR count). The Morgan fingerprint density at radius 2 is 1.37 bits per heavy atom. The van der Waals surface area contributed by atoms with Crippen LogP contribution in [0.15, 0.2) is 52.5 Å². The quantitative estimate of drug-likeness (QED) is 0.123. The van der Waals surface area contributed by atoms with Gasteiger partial charge in [-0.3, -0.25) is 29.3 Å². The second-order valence-corrected chi connectivity index (χ2v) is 13.2. The van der Waals surface area contributed by atoms with Gasteiger partial charge in [-0.05, 0) is 43.2 Å². The van der Waals surface area contributed by atoms with E-state index >= 15 is 0 Å². The van der Waals surface area contributed by atoms with Crippen LogP contribution in [-0.4, -0.2) is 59.1 Å². The summed E-state index contributed by atoms with van der Waals surface area (Å²) in [4.78, 5) is 61.3. The Bertz CT molecular complexity index is 1570. The van der Waals surface area contributed by atoms with Gasteiger partial charge < -0.3 is 0 Å². The van der Waals surface area contributed by atoms with E-state index in [1.54, 1.807) is 25.1 Å². The van der Waals surface area contributed by atoms with Crippen molar-refractivity contribution < 1.29 is 24.1 Å². The van der Waals surface area contributed by atoms with Gasteiger partial charge in [0.15, 0.2) is 10.1 Å². The van der Waals surface area contributed by atoms with Crippen LogP contribution in [0.25, 0.3) is 0 Å². The van der Waals surface area contributed by atoms with Gasteiger partial charge >= 0.3 is 0 Å². The molecule has 0 spiro atoms. The number of hydrogen-bond donors (Lipinski definition) is 0. The minimum atomic E-state index is -2.19. The number of carbonyl (C=O) groups excluding carboxylic acids is 4. The maximum atomic E-state index is 13.9. The summed E-state index contributed by atoms with van der Waals surface area (Å²) in [7, 11) is 0. The van der Waals surface area contributed by atoms with E-state index < -0.39 is 60.9 Å². The fourth-order valence-electron chi connectivity index (χ4n) is 5.47. The lowest BCUT2D eigenvalue weighted by Crippen LogP contribution is -2.56. The van der Waals surface area contributed by atoms with Crippen LogP contribution in [0.1, 0.15) is 31.8 Å². The van der Waals surface area contributed by atoms with E-state index in [0.717, 1.165) is 35.4 Å². The van der Waals surface area contributed by atoms with E-state index in [-0.39, 0.29) is 26.9 Å². The molecule has 0 N–H and O–H groups in total. The first-order chi connectivity index (χ1) is 19.0. The molecule has 1 aliphatic heterocycles. The Labute approximate surface area is 262 Å². The average Bonchev–Trinajstić information content (AvgIpc) is 3.31. The number of imide groups is 1. The number of benzene rings is 2. The molecule has 214 valence electrons. The molecule has 0 unspecified atom stereocenters. The van der Waals surface area contributed by atoms with Gasteiger partial charge in [0.2, 0.25) is 0 Å². The monoisotopic (exact) mass is 677 g/mol. The van der Waals surface area contributed by atoms with Gasteiger partial charge in [0.25, 0.3) is 23.4 Å². The molecule has 0 radical (unpaired) electrons. The Morgan fingerprint density at radius 3 is 1.83 bits per heavy atom. The third-order valence-electron chi connectivity index (χ3n) is 7.81. The number of rotatable bonds is 6. The highest BCUT2D eigenvalue weighted by atomic mass is 35.5. The Hall–Kier alpha value is -2.40. The molecule has 1 heterocycles. The second-order valence-electron chi connectivity index (χ2n) is 9.96. The Morgan fingerprint density at radius 1 is 0.878 bits per heavy atom. The third-order valence-corrected chi connectivity index (χ3v) is 12.1. The van der Waals surface area contributed by atoms with Gasteiger partial charge in [-0.2, -0.15) is 5.01 Å². The van der Waals surface area contributed by atoms with Crippen LogP contribution in [0, 0.1) is 35.8 Å². The first-order valence-corrected chi connectivity index (χ1v) is 14.1. The summed E-state index contributed by atoms with van der Waals surface area (Å²) in [6, 6.07) is 9.26. The van der Waals surface area contributed by atoms with Crippen LogP contribution in [0.5, 0.6) is 0 Å². The molecule has 4 atom stereocenters. The molecule has 1 saturated carbocycles. The maximum Gasteiger partial charge on any atom is 0.273 e. The van der Waals surface area contributed by atoms with Crippen LogP contribution in [0.4, 0.5) is 5.69 Å². The van der Waals surface area contributed by atoms with Crippen molar-refractivity contribution in [3.05, 3.63) is 84.9 Å². The lowest BCUT2D eigenvalue weighted by Gasteiger charge is -2.36. The van der Waals surface area contributed by atoms with Gasteiger partial charge in [0.05, 0.1) is 26.8 Å². The highest BCUT2D eigenvalue weighted by Crippen LogP contribution is 2.77. The number of hydrazine groups is 1. The van der Waals surface area contributed by atoms with Crippen LogP contribution < -0.4 is 0 Å². The molecule has 15 heteroatoms. The molecule has 41 heavy (non-hydrogen) atoms. The summed E-state index contributed by atoms with van der Waals surface area (Å²) in [5.41, 5.74) is 1.48. The number of Topliss-reactive ketones (excluding diaryl/α,β-unsaturated/α-hetero) is 1. The molecule has 2 aromatic rings. The number of aryl methyl sites for hydroxylation is 2. The average molecular weight is 680 g/mol. The predicted molar refractivity (Wildman–Crippen MR) is 154 cm³/mol. The zero-order chi connectivity index (χ0) is 30.4. The maximum absolute atomic E-state index is 13.9. The smallest absolute Gasteiger partial charge is 0.273 e. The summed E-state index contributed by atoms with van der Waals surface area (Å²) in [5.74, 6) is -6.73. The molecule has 2 aliphatic carbocycles. The normalized spacial score (nSPS) is 27.9. The Balaban J connectivity index is 1.59. The number of hydrogen-bond acceptors (Lipinski definition) is 6. The van der Waals surface area contributed by atoms with Crippen molar-refractivity contribution in [2.24, 2.45) is 11.8 Å². The molecule has 2 aromatic carbocycles. The number of carbonyl (C=O) groups is 4.